The summed E-state index contributed by atoms with van der Waals surface area (Å²) in [6.45, 7) is 4.07. The summed E-state index contributed by atoms with van der Waals surface area (Å²) in [5.74, 6) is 6.39. The van der Waals surface area contributed by atoms with Crippen LogP contribution in [0.15, 0.2) is 0 Å². The second kappa shape index (κ2) is 4.34. The van der Waals surface area contributed by atoms with Crippen molar-refractivity contribution in [2.45, 2.75) is 26.2 Å². The molecule has 0 amide bonds. The Morgan fingerprint density at radius 3 is 2.69 bits per heavy atom. The Morgan fingerprint density at radius 1 is 1.46 bits per heavy atom. The lowest BCUT2D eigenvalue weighted by atomic mass is 10.1. The maximum atomic E-state index is 5.67. The van der Waals surface area contributed by atoms with Gasteiger partial charge in [-0.1, -0.05) is 13.8 Å². The fourth-order valence-electron chi connectivity index (χ4n) is 0.833. The average molecular weight is 202 g/mol. The largest absolute Gasteiger partial charge is 0.292 e. The van der Waals surface area contributed by atoms with Gasteiger partial charge in [-0.05, 0) is 18.0 Å². The monoisotopic (exact) mass is 201 g/mol. The van der Waals surface area contributed by atoms with Crippen molar-refractivity contribution in [1.29, 1.82) is 0 Å². The van der Waals surface area contributed by atoms with Gasteiger partial charge in [0.1, 0.15) is 5.82 Å². The van der Waals surface area contributed by atoms with Gasteiger partial charge in [0, 0.05) is 5.92 Å². The van der Waals surface area contributed by atoms with E-state index in [1.807, 2.05) is 6.92 Å². The normalized spacial score (nSPS) is 12.6. The van der Waals surface area contributed by atoms with E-state index in [1.54, 1.807) is 0 Å². The molecule has 0 aliphatic carbocycles. The molecule has 1 heterocycles. The van der Waals surface area contributed by atoms with E-state index in [0.29, 0.717) is 11.8 Å². The van der Waals surface area contributed by atoms with E-state index >= 15 is 0 Å². The molecule has 0 aromatic carbocycles. The minimum atomic E-state index is 0.165. The minimum Gasteiger partial charge on any atom is -0.292 e. The van der Waals surface area contributed by atoms with Crippen molar-refractivity contribution in [2.24, 2.45) is 5.84 Å². The van der Waals surface area contributed by atoms with E-state index in [9.17, 15) is 0 Å². The fraction of sp³-hybridized carbons (Fsp3) is 0.571. The summed E-state index contributed by atoms with van der Waals surface area (Å²) in [7, 11) is 0. The lowest BCUT2D eigenvalue weighted by Crippen LogP contribution is -2.13. The number of hydrogen-bond donors (Lipinski definition) is 2. The number of halogens is 1. The fourth-order valence-corrected chi connectivity index (χ4v) is 1.000. The summed E-state index contributed by atoms with van der Waals surface area (Å²) >= 11 is 5.67. The van der Waals surface area contributed by atoms with Gasteiger partial charge in [-0.2, -0.15) is 9.97 Å². The van der Waals surface area contributed by atoms with Crippen molar-refractivity contribution in [2.75, 3.05) is 5.43 Å². The van der Waals surface area contributed by atoms with Crippen LogP contribution >= 0.6 is 11.6 Å². The molecular formula is C7H12ClN5. The SMILES string of the molecule is CCC(C)c1nc(Cl)nc(NN)n1. The van der Waals surface area contributed by atoms with Gasteiger partial charge >= 0.3 is 0 Å². The van der Waals surface area contributed by atoms with Gasteiger partial charge in [0.2, 0.25) is 11.2 Å². The second-order valence-electron chi connectivity index (χ2n) is 2.74. The Labute approximate surface area is 81.7 Å². The number of rotatable bonds is 3. The van der Waals surface area contributed by atoms with Gasteiger partial charge in [0.05, 0.1) is 0 Å². The number of nitrogens with two attached hydrogens (primary N) is 1. The highest BCUT2D eigenvalue weighted by Gasteiger charge is 2.09. The van der Waals surface area contributed by atoms with E-state index in [1.165, 1.54) is 0 Å². The van der Waals surface area contributed by atoms with Gasteiger partial charge in [-0.25, -0.2) is 10.8 Å². The van der Waals surface area contributed by atoms with Gasteiger partial charge < -0.3 is 0 Å². The highest BCUT2D eigenvalue weighted by molar-refractivity contribution is 6.28. The van der Waals surface area contributed by atoms with Crippen LogP contribution in [0.25, 0.3) is 0 Å². The molecule has 1 unspecified atom stereocenters. The summed E-state index contributed by atoms with van der Waals surface area (Å²) in [5.41, 5.74) is 2.34. The molecule has 6 heteroatoms. The number of nitrogen functional groups attached to an aromatic ring is 1. The van der Waals surface area contributed by atoms with Crippen LogP contribution in [0.1, 0.15) is 32.0 Å². The first-order valence-corrected chi connectivity index (χ1v) is 4.43. The smallest absolute Gasteiger partial charge is 0.241 e. The Hall–Kier alpha value is -0.940. The lowest BCUT2D eigenvalue weighted by Gasteiger charge is -2.07. The zero-order valence-electron chi connectivity index (χ0n) is 7.58. The van der Waals surface area contributed by atoms with Gasteiger partial charge in [0.15, 0.2) is 0 Å². The third-order valence-electron chi connectivity index (χ3n) is 1.81. The Kier molecular flexibility index (Phi) is 3.39. The maximum absolute atomic E-state index is 5.67. The average Bonchev–Trinajstić information content (AvgIpc) is 2.15. The van der Waals surface area contributed by atoms with Crippen molar-refractivity contribution < 1.29 is 0 Å². The molecule has 1 rings (SSSR count). The van der Waals surface area contributed by atoms with Crippen LogP contribution in [0.2, 0.25) is 5.28 Å². The zero-order chi connectivity index (χ0) is 9.84. The molecule has 1 atom stereocenters. The number of nitrogens with one attached hydrogen (secondary N) is 1. The van der Waals surface area contributed by atoms with Crippen LogP contribution in [0.5, 0.6) is 0 Å². The molecule has 1 aromatic heterocycles. The predicted octanol–water partition coefficient (Wildman–Crippen LogP) is 1.32. The van der Waals surface area contributed by atoms with Crippen molar-refractivity contribution in [3.63, 3.8) is 0 Å². The standard InChI is InChI=1S/C7H12ClN5/c1-3-4(2)5-10-6(8)12-7(11-5)13-9/h4H,3,9H2,1-2H3,(H,10,11,12,13). The summed E-state index contributed by atoms with van der Waals surface area (Å²) < 4.78 is 0. The molecule has 13 heavy (non-hydrogen) atoms. The number of anilines is 1. The highest BCUT2D eigenvalue weighted by atomic mass is 35.5. The maximum Gasteiger partial charge on any atom is 0.241 e. The number of nitrogens with zero attached hydrogens (tertiary/aromatic N) is 3. The summed E-state index contributed by atoms with van der Waals surface area (Å²) in [6.07, 6.45) is 0.949. The van der Waals surface area contributed by atoms with Crippen molar-refractivity contribution in [3.8, 4) is 0 Å². The molecular weight excluding hydrogens is 190 g/mol. The molecule has 3 N–H and O–H groups in total. The number of hydrogen-bond acceptors (Lipinski definition) is 5. The quantitative estimate of drug-likeness (QED) is 0.570. The van der Waals surface area contributed by atoms with Gasteiger partial charge in [-0.3, -0.25) is 5.43 Å². The van der Waals surface area contributed by atoms with E-state index < -0.39 is 0 Å². The molecule has 5 nitrogen and oxygen atoms in total. The van der Waals surface area contributed by atoms with E-state index in [0.717, 1.165) is 6.42 Å². The van der Waals surface area contributed by atoms with Crippen molar-refractivity contribution in [1.82, 2.24) is 15.0 Å². The number of aromatic nitrogens is 3. The summed E-state index contributed by atoms with van der Waals surface area (Å²) in [6, 6.07) is 0. The first-order chi connectivity index (χ1) is 6.17. The predicted molar refractivity (Wildman–Crippen MR) is 51.4 cm³/mol. The van der Waals surface area contributed by atoms with E-state index in [-0.39, 0.29) is 11.2 Å². The van der Waals surface area contributed by atoms with Crippen LogP contribution < -0.4 is 11.3 Å². The molecule has 0 aliphatic heterocycles. The molecule has 0 radical (unpaired) electrons. The van der Waals surface area contributed by atoms with Crippen LogP contribution in [-0.4, -0.2) is 15.0 Å². The van der Waals surface area contributed by atoms with Crippen LogP contribution in [-0.2, 0) is 0 Å². The molecule has 0 spiro atoms. The first-order valence-electron chi connectivity index (χ1n) is 4.05. The second-order valence-corrected chi connectivity index (χ2v) is 3.08. The zero-order valence-corrected chi connectivity index (χ0v) is 8.34. The third kappa shape index (κ3) is 2.50. The van der Waals surface area contributed by atoms with E-state index in [2.05, 4.69) is 27.3 Å². The van der Waals surface area contributed by atoms with E-state index in [4.69, 9.17) is 17.4 Å². The summed E-state index contributed by atoms with van der Waals surface area (Å²) in [4.78, 5) is 11.9. The number of hydrazine groups is 1. The molecule has 1 aromatic rings. The first kappa shape index (κ1) is 10.1. The molecule has 0 saturated carbocycles. The van der Waals surface area contributed by atoms with Crippen molar-refractivity contribution in [3.05, 3.63) is 11.1 Å². The molecule has 0 aliphatic rings. The topological polar surface area (TPSA) is 76.7 Å². The molecule has 72 valence electrons. The van der Waals surface area contributed by atoms with Crippen LogP contribution in [0.3, 0.4) is 0 Å². The Balaban J connectivity index is 3.01. The van der Waals surface area contributed by atoms with Crippen molar-refractivity contribution >= 4 is 17.5 Å². The minimum absolute atomic E-state index is 0.165. The Bertz CT molecular complexity index is 290. The highest BCUT2D eigenvalue weighted by Crippen LogP contribution is 2.16. The lowest BCUT2D eigenvalue weighted by molar-refractivity contribution is 0.672. The molecule has 0 fully saturated rings. The third-order valence-corrected chi connectivity index (χ3v) is 1.98. The summed E-state index contributed by atoms with van der Waals surface area (Å²) in [5, 5.41) is 0.165. The Morgan fingerprint density at radius 2 is 2.15 bits per heavy atom. The van der Waals surface area contributed by atoms with Gasteiger partial charge in [-0.15, -0.1) is 0 Å². The molecule has 0 saturated heterocycles. The van der Waals surface area contributed by atoms with Gasteiger partial charge in [0.25, 0.3) is 0 Å². The molecule has 0 bridgehead atoms. The van der Waals surface area contributed by atoms with Crippen LogP contribution in [0, 0.1) is 0 Å². The van der Waals surface area contributed by atoms with Crippen LogP contribution in [0.4, 0.5) is 5.95 Å².